The van der Waals surface area contributed by atoms with Crippen molar-refractivity contribution in [3.63, 3.8) is 0 Å². The predicted molar refractivity (Wildman–Crippen MR) is 65.2 cm³/mol. The first-order chi connectivity index (χ1) is 7.88. The fourth-order valence-corrected chi connectivity index (χ4v) is 2.15. The summed E-state index contributed by atoms with van der Waals surface area (Å²) in [4.78, 5) is 0.256. The van der Waals surface area contributed by atoms with Crippen molar-refractivity contribution < 1.29 is 13.2 Å². The maximum absolute atomic E-state index is 12.8. The van der Waals surface area contributed by atoms with Gasteiger partial charge in [-0.3, -0.25) is 0 Å². The van der Waals surface area contributed by atoms with Crippen molar-refractivity contribution in [2.45, 2.75) is 36.9 Å². The molecule has 0 heterocycles. The minimum Gasteiger partial charge on any atom is -0.327 e. The van der Waals surface area contributed by atoms with Gasteiger partial charge in [-0.15, -0.1) is 11.8 Å². The molecule has 0 fully saturated rings. The van der Waals surface area contributed by atoms with Gasteiger partial charge in [0.15, 0.2) is 0 Å². The van der Waals surface area contributed by atoms with Crippen LogP contribution in [0.5, 0.6) is 0 Å². The highest BCUT2D eigenvalue weighted by Crippen LogP contribution is 2.36. The number of hydrogen-bond donors (Lipinski definition) is 1. The molecule has 0 spiro atoms. The van der Waals surface area contributed by atoms with Gasteiger partial charge < -0.3 is 5.73 Å². The third kappa shape index (κ3) is 3.92. The highest BCUT2D eigenvalue weighted by Gasteiger charge is 2.33. The lowest BCUT2D eigenvalue weighted by molar-refractivity contribution is -0.139. The summed E-state index contributed by atoms with van der Waals surface area (Å²) in [5.74, 6) is 0. The Balaban J connectivity index is 3.05. The summed E-state index contributed by atoms with van der Waals surface area (Å²) in [5.41, 5.74) is 5.83. The van der Waals surface area contributed by atoms with Crippen LogP contribution in [0, 0.1) is 0 Å². The molecule has 0 saturated heterocycles. The van der Waals surface area contributed by atoms with E-state index >= 15 is 0 Å². The minimum absolute atomic E-state index is 0.0868. The Morgan fingerprint density at radius 3 is 2.47 bits per heavy atom. The molecule has 0 amide bonds. The fourth-order valence-electron chi connectivity index (χ4n) is 1.55. The Labute approximate surface area is 104 Å². The molecule has 1 rings (SSSR count). The standard InChI is InChI=1S/C12H16F3NS/c1-3-9(16)6-8-4-5-11(17-2)10(7-8)12(13,14)15/h4-5,7,9H,3,6,16H2,1-2H3. The van der Waals surface area contributed by atoms with Crippen LogP contribution in [0.25, 0.3) is 0 Å². The topological polar surface area (TPSA) is 26.0 Å². The van der Waals surface area contributed by atoms with Crippen molar-refractivity contribution in [1.82, 2.24) is 0 Å². The lowest BCUT2D eigenvalue weighted by Gasteiger charge is -2.14. The van der Waals surface area contributed by atoms with Crippen LogP contribution in [-0.2, 0) is 12.6 Å². The second-order valence-electron chi connectivity index (χ2n) is 3.90. The van der Waals surface area contributed by atoms with Crippen LogP contribution in [0.3, 0.4) is 0 Å². The molecule has 0 bridgehead atoms. The largest absolute Gasteiger partial charge is 0.417 e. The zero-order valence-corrected chi connectivity index (χ0v) is 10.7. The molecule has 0 radical (unpaired) electrons. The van der Waals surface area contributed by atoms with Gasteiger partial charge in [-0.05, 0) is 36.8 Å². The third-order valence-electron chi connectivity index (χ3n) is 2.59. The Morgan fingerprint density at radius 2 is 2.00 bits per heavy atom. The van der Waals surface area contributed by atoms with Crippen molar-refractivity contribution in [2.75, 3.05) is 6.26 Å². The zero-order valence-electron chi connectivity index (χ0n) is 9.84. The number of rotatable bonds is 4. The van der Waals surface area contributed by atoms with E-state index < -0.39 is 11.7 Å². The van der Waals surface area contributed by atoms with Gasteiger partial charge >= 0.3 is 6.18 Å². The van der Waals surface area contributed by atoms with Crippen molar-refractivity contribution in [3.8, 4) is 0 Å². The number of halogens is 3. The van der Waals surface area contributed by atoms with Crippen molar-refractivity contribution in [1.29, 1.82) is 0 Å². The summed E-state index contributed by atoms with van der Waals surface area (Å²) >= 11 is 1.10. The summed E-state index contributed by atoms with van der Waals surface area (Å²) in [7, 11) is 0. The van der Waals surface area contributed by atoms with Crippen LogP contribution in [0.15, 0.2) is 23.1 Å². The SMILES string of the molecule is CCC(N)Cc1ccc(SC)c(C(F)(F)F)c1. The molecule has 5 heteroatoms. The van der Waals surface area contributed by atoms with Gasteiger partial charge in [0.05, 0.1) is 5.56 Å². The summed E-state index contributed by atoms with van der Waals surface area (Å²) in [6.07, 6.45) is -1.42. The number of benzene rings is 1. The smallest absolute Gasteiger partial charge is 0.327 e. The van der Waals surface area contributed by atoms with Crippen LogP contribution in [0.4, 0.5) is 13.2 Å². The average molecular weight is 263 g/mol. The Bertz CT molecular complexity index is 377. The third-order valence-corrected chi connectivity index (χ3v) is 3.39. The van der Waals surface area contributed by atoms with E-state index in [2.05, 4.69) is 0 Å². The summed E-state index contributed by atoms with van der Waals surface area (Å²) in [6.45, 7) is 1.92. The molecule has 17 heavy (non-hydrogen) atoms. The normalized spacial score (nSPS) is 13.8. The molecule has 0 aliphatic carbocycles. The summed E-state index contributed by atoms with van der Waals surface area (Å²) < 4.78 is 38.4. The number of nitrogens with two attached hydrogens (primary N) is 1. The van der Waals surface area contributed by atoms with Gasteiger partial charge in [-0.1, -0.05) is 13.0 Å². The molecule has 2 N–H and O–H groups in total. The maximum atomic E-state index is 12.8. The maximum Gasteiger partial charge on any atom is 0.417 e. The molecular weight excluding hydrogens is 247 g/mol. The van der Waals surface area contributed by atoms with Gasteiger partial charge in [-0.2, -0.15) is 13.2 Å². The Kier molecular flexibility index (Phi) is 4.89. The molecular formula is C12H16F3NS. The Hall–Kier alpha value is -0.680. The van der Waals surface area contributed by atoms with E-state index in [1.165, 1.54) is 12.1 Å². The second-order valence-corrected chi connectivity index (χ2v) is 4.75. The van der Waals surface area contributed by atoms with Crippen molar-refractivity contribution in [2.24, 2.45) is 5.73 Å². The van der Waals surface area contributed by atoms with E-state index in [1.807, 2.05) is 6.92 Å². The quantitative estimate of drug-likeness (QED) is 0.838. The van der Waals surface area contributed by atoms with Crippen LogP contribution in [0.2, 0.25) is 0 Å². The first kappa shape index (κ1) is 14.4. The van der Waals surface area contributed by atoms with Gasteiger partial charge in [0.25, 0.3) is 0 Å². The second kappa shape index (κ2) is 5.78. The van der Waals surface area contributed by atoms with E-state index in [4.69, 9.17) is 5.73 Å². The van der Waals surface area contributed by atoms with Gasteiger partial charge in [0.2, 0.25) is 0 Å². The van der Waals surface area contributed by atoms with Crippen LogP contribution < -0.4 is 5.73 Å². The summed E-state index contributed by atoms with van der Waals surface area (Å²) in [5, 5.41) is 0. The molecule has 0 saturated carbocycles. The van der Waals surface area contributed by atoms with E-state index in [0.29, 0.717) is 12.0 Å². The molecule has 1 atom stereocenters. The monoisotopic (exact) mass is 263 g/mol. The van der Waals surface area contributed by atoms with Gasteiger partial charge in [0, 0.05) is 10.9 Å². The molecule has 1 aromatic carbocycles. The number of hydrogen-bond acceptors (Lipinski definition) is 2. The van der Waals surface area contributed by atoms with E-state index in [9.17, 15) is 13.2 Å². The lowest BCUT2D eigenvalue weighted by Crippen LogP contribution is -2.21. The highest BCUT2D eigenvalue weighted by molar-refractivity contribution is 7.98. The highest BCUT2D eigenvalue weighted by atomic mass is 32.2. The molecule has 1 aromatic rings. The Morgan fingerprint density at radius 1 is 1.35 bits per heavy atom. The lowest BCUT2D eigenvalue weighted by atomic mass is 10.0. The number of thioether (sulfide) groups is 1. The van der Waals surface area contributed by atoms with Gasteiger partial charge in [-0.25, -0.2) is 0 Å². The summed E-state index contributed by atoms with van der Waals surface area (Å²) in [6, 6.07) is 4.36. The molecule has 0 aliphatic heterocycles. The van der Waals surface area contributed by atoms with E-state index in [0.717, 1.165) is 18.2 Å². The van der Waals surface area contributed by atoms with Crippen molar-refractivity contribution in [3.05, 3.63) is 29.3 Å². The molecule has 0 aliphatic rings. The average Bonchev–Trinajstić information content (AvgIpc) is 2.27. The number of alkyl halides is 3. The van der Waals surface area contributed by atoms with E-state index in [1.54, 1.807) is 12.3 Å². The molecule has 96 valence electrons. The molecule has 0 aromatic heterocycles. The molecule has 1 nitrogen and oxygen atoms in total. The molecule has 1 unspecified atom stereocenters. The van der Waals surface area contributed by atoms with Gasteiger partial charge in [0.1, 0.15) is 0 Å². The predicted octanol–water partition coefficient (Wildman–Crippen LogP) is 3.71. The minimum atomic E-state index is -4.30. The van der Waals surface area contributed by atoms with Crippen LogP contribution >= 0.6 is 11.8 Å². The fraction of sp³-hybridized carbons (Fsp3) is 0.500. The van der Waals surface area contributed by atoms with Crippen LogP contribution in [0.1, 0.15) is 24.5 Å². The van der Waals surface area contributed by atoms with E-state index in [-0.39, 0.29) is 10.9 Å². The van der Waals surface area contributed by atoms with Crippen LogP contribution in [-0.4, -0.2) is 12.3 Å². The first-order valence-corrected chi connectivity index (χ1v) is 6.60. The van der Waals surface area contributed by atoms with Crippen molar-refractivity contribution >= 4 is 11.8 Å². The zero-order chi connectivity index (χ0) is 13.1. The first-order valence-electron chi connectivity index (χ1n) is 5.38.